The van der Waals surface area contributed by atoms with Crippen LogP contribution in [0.15, 0.2) is 18.2 Å². The molecule has 9 heteroatoms. The van der Waals surface area contributed by atoms with Crippen LogP contribution < -0.4 is 15.0 Å². The molecular weight excluding hydrogens is 341 g/mol. The molecule has 25 heavy (non-hydrogen) atoms. The molecule has 1 aromatic carbocycles. The number of anilines is 1. The second-order valence-electron chi connectivity index (χ2n) is 5.64. The van der Waals surface area contributed by atoms with Gasteiger partial charge in [-0.05, 0) is 18.2 Å². The molecule has 1 amide bonds. The summed E-state index contributed by atoms with van der Waals surface area (Å²) in [5, 5.41) is 2.53. The molecule has 6 nitrogen and oxygen atoms in total. The van der Waals surface area contributed by atoms with E-state index in [0.717, 1.165) is 17.0 Å². The fourth-order valence-corrected chi connectivity index (χ4v) is 2.42. The normalized spacial score (nSPS) is 15.8. The average Bonchev–Trinajstić information content (AvgIpc) is 2.56. The zero-order valence-electron chi connectivity index (χ0n) is 13.9. The monoisotopic (exact) mass is 363 g/mol. The first-order valence-corrected chi connectivity index (χ1v) is 7.94. The zero-order valence-corrected chi connectivity index (χ0v) is 13.9. The minimum atomic E-state index is -4.50. The topological polar surface area (TPSA) is 61.2 Å². The van der Waals surface area contributed by atoms with Gasteiger partial charge in [-0.2, -0.15) is 13.2 Å². The third kappa shape index (κ3) is 6.18. The molecule has 140 valence electrons. The van der Waals surface area contributed by atoms with Gasteiger partial charge in [0.15, 0.2) is 6.54 Å². The number of hydrogen-bond donors (Lipinski definition) is 2. The van der Waals surface area contributed by atoms with Crippen molar-refractivity contribution in [3.63, 3.8) is 0 Å². The lowest BCUT2D eigenvalue weighted by Gasteiger charge is -2.23. The van der Waals surface area contributed by atoms with Gasteiger partial charge < -0.3 is 24.4 Å². The van der Waals surface area contributed by atoms with Gasteiger partial charge in [0, 0.05) is 7.11 Å². The van der Waals surface area contributed by atoms with Gasteiger partial charge in [0.25, 0.3) is 5.91 Å². The van der Waals surface area contributed by atoms with E-state index in [9.17, 15) is 18.0 Å². The van der Waals surface area contributed by atoms with Gasteiger partial charge in [-0.1, -0.05) is 0 Å². The van der Waals surface area contributed by atoms with Crippen LogP contribution in [0.4, 0.5) is 18.9 Å². The van der Waals surface area contributed by atoms with E-state index >= 15 is 0 Å². The summed E-state index contributed by atoms with van der Waals surface area (Å²) in [5.74, 6) is -0.191. The van der Waals surface area contributed by atoms with E-state index in [1.54, 1.807) is 0 Å². The fourth-order valence-electron chi connectivity index (χ4n) is 2.42. The van der Waals surface area contributed by atoms with Gasteiger partial charge >= 0.3 is 6.18 Å². The molecule has 1 aliphatic heterocycles. The van der Waals surface area contributed by atoms with Crippen LogP contribution >= 0.6 is 0 Å². The lowest BCUT2D eigenvalue weighted by molar-refractivity contribution is -0.899. The van der Waals surface area contributed by atoms with Crippen molar-refractivity contribution in [2.24, 2.45) is 0 Å². The van der Waals surface area contributed by atoms with Crippen LogP contribution in [0.3, 0.4) is 0 Å². The molecule has 0 aliphatic carbocycles. The van der Waals surface area contributed by atoms with Gasteiger partial charge in [-0.25, -0.2) is 0 Å². The highest BCUT2D eigenvalue weighted by Crippen LogP contribution is 2.35. The van der Waals surface area contributed by atoms with Crippen LogP contribution in [0.25, 0.3) is 0 Å². The maximum atomic E-state index is 12.9. The van der Waals surface area contributed by atoms with Gasteiger partial charge in [0.2, 0.25) is 0 Å². The number of carbonyl (C=O) groups is 1. The molecule has 1 fully saturated rings. The molecule has 1 aromatic rings. The summed E-state index contributed by atoms with van der Waals surface area (Å²) in [7, 11) is 1.49. The smallest absolute Gasteiger partial charge is 0.416 e. The van der Waals surface area contributed by atoms with Crippen molar-refractivity contribution in [2.75, 3.05) is 58.5 Å². The Kier molecular flexibility index (Phi) is 7.03. The maximum absolute atomic E-state index is 12.9. The highest BCUT2D eigenvalue weighted by molar-refractivity contribution is 5.93. The van der Waals surface area contributed by atoms with E-state index in [1.807, 2.05) is 0 Å². The van der Waals surface area contributed by atoms with E-state index in [1.165, 1.54) is 13.2 Å². The Morgan fingerprint density at radius 1 is 1.28 bits per heavy atom. The Hall–Kier alpha value is -1.84. The van der Waals surface area contributed by atoms with Crippen LogP contribution in [0, 0.1) is 0 Å². The first-order valence-electron chi connectivity index (χ1n) is 7.94. The van der Waals surface area contributed by atoms with Crippen LogP contribution in [-0.4, -0.2) is 59.1 Å². The molecule has 2 N–H and O–H groups in total. The van der Waals surface area contributed by atoms with Crippen LogP contribution in [0.5, 0.6) is 5.75 Å². The zero-order chi connectivity index (χ0) is 18.3. The Morgan fingerprint density at radius 2 is 2.00 bits per heavy atom. The Morgan fingerprint density at radius 3 is 2.64 bits per heavy atom. The summed E-state index contributed by atoms with van der Waals surface area (Å²) in [6, 6.07) is 3.01. The molecule has 0 unspecified atom stereocenters. The summed E-state index contributed by atoms with van der Waals surface area (Å²) < 4.78 is 54.2. The summed E-state index contributed by atoms with van der Waals surface area (Å²) in [6.45, 7) is 3.12. The molecule has 0 radical (unpaired) electrons. The molecule has 0 spiro atoms. The SMILES string of the molecule is COCCOc1ccc(C(F)(F)F)cc1NC(=O)C[NH+]1CCOCC1. The van der Waals surface area contributed by atoms with Gasteiger partial charge in [-0.15, -0.1) is 0 Å². The molecule has 1 heterocycles. The number of hydrogen-bond acceptors (Lipinski definition) is 4. The summed E-state index contributed by atoms with van der Waals surface area (Å²) in [6.07, 6.45) is -4.50. The second kappa shape index (κ2) is 9.02. The fraction of sp³-hybridized carbons (Fsp3) is 0.562. The van der Waals surface area contributed by atoms with Crippen molar-refractivity contribution in [3.8, 4) is 5.75 Å². The van der Waals surface area contributed by atoms with Gasteiger partial charge in [0.1, 0.15) is 25.4 Å². The molecule has 0 bridgehead atoms. The van der Waals surface area contributed by atoms with Crippen molar-refractivity contribution in [1.29, 1.82) is 0 Å². The summed E-state index contributed by atoms with van der Waals surface area (Å²) >= 11 is 0. The Balaban J connectivity index is 2.09. The number of benzene rings is 1. The van der Waals surface area contributed by atoms with Crippen molar-refractivity contribution in [2.45, 2.75) is 6.18 Å². The molecule has 0 atom stereocenters. The third-order valence-electron chi connectivity index (χ3n) is 3.74. The molecule has 1 aliphatic rings. The van der Waals surface area contributed by atoms with E-state index in [4.69, 9.17) is 14.2 Å². The predicted octanol–water partition coefficient (Wildman–Crippen LogP) is 0.584. The number of nitrogens with one attached hydrogen (secondary N) is 2. The number of amides is 1. The van der Waals surface area contributed by atoms with E-state index in [0.29, 0.717) is 26.3 Å². The van der Waals surface area contributed by atoms with E-state index in [2.05, 4.69) is 5.32 Å². The van der Waals surface area contributed by atoms with Crippen molar-refractivity contribution < 1.29 is 37.1 Å². The number of halogens is 3. The van der Waals surface area contributed by atoms with Crippen LogP contribution in [0.1, 0.15) is 5.56 Å². The quantitative estimate of drug-likeness (QED) is 0.696. The standard InChI is InChI=1S/C16H21F3N2O4/c1-23-8-9-25-14-3-2-12(16(17,18)19)10-13(14)20-15(22)11-21-4-6-24-7-5-21/h2-3,10H,4-9,11H2,1H3,(H,20,22)/p+1. The van der Waals surface area contributed by atoms with E-state index in [-0.39, 0.29) is 37.1 Å². The number of ether oxygens (including phenoxy) is 3. The lowest BCUT2D eigenvalue weighted by Crippen LogP contribution is -3.15. The van der Waals surface area contributed by atoms with Crippen LogP contribution in [0.2, 0.25) is 0 Å². The second-order valence-corrected chi connectivity index (χ2v) is 5.64. The van der Waals surface area contributed by atoms with E-state index < -0.39 is 11.7 Å². The first kappa shape index (κ1) is 19.5. The highest BCUT2D eigenvalue weighted by atomic mass is 19.4. The molecular formula is C16H22F3N2O4+. The van der Waals surface area contributed by atoms with Gasteiger partial charge in [-0.3, -0.25) is 4.79 Å². The lowest BCUT2D eigenvalue weighted by atomic mass is 10.1. The Labute approximate surface area is 143 Å². The van der Waals surface area contributed by atoms with Crippen molar-refractivity contribution >= 4 is 11.6 Å². The molecule has 1 saturated heterocycles. The van der Waals surface area contributed by atoms with Crippen LogP contribution in [-0.2, 0) is 20.4 Å². The summed E-state index contributed by atoms with van der Waals surface area (Å²) in [5.41, 5.74) is -0.843. The number of methoxy groups -OCH3 is 1. The number of carbonyl (C=O) groups excluding carboxylic acids is 1. The number of morpholine rings is 1. The predicted molar refractivity (Wildman–Crippen MR) is 83.8 cm³/mol. The van der Waals surface area contributed by atoms with Crippen molar-refractivity contribution in [1.82, 2.24) is 0 Å². The third-order valence-corrected chi connectivity index (χ3v) is 3.74. The molecule has 0 aromatic heterocycles. The summed E-state index contributed by atoms with van der Waals surface area (Å²) in [4.78, 5) is 13.2. The average molecular weight is 363 g/mol. The number of quaternary nitrogens is 1. The van der Waals surface area contributed by atoms with Crippen molar-refractivity contribution in [3.05, 3.63) is 23.8 Å². The molecule has 2 rings (SSSR count). The van der Waals surface area contributed by atoms with Gasteiger partial charge in [0.05, 0.1) is 31.1 Å². The largest absolute Gasteiger partial charge is 0.489 e. The first-order chi connectivity index (χ1) is 11.9. The minimum Gasteiger partial charge on any atom is -0.489 e. The Bertz CT molecular complexity index is 575. The highest BCUT2D eigenvalue weighted by Gasteiger charge is 2.31. The molecule has 0 saturated carbocycles. The number of alkyl halides is 3. The maximum Gasteiger partial charge on any atom is 0.416 e. The number of rotatable bonds is 7. The minimum absolute atomic E-state index is 0.00332.